The van der Waals surface area contributed by atoms with Gasteiger partial charge in [-0.2, -0.15) is 0 Å². The van der Waals surface area contributed by atoms with Gasteiger partial charge in [-0.3, -0.25) is 9.59 Å². The molecule has 1 saturated carbocycles. The van der Waals surface area contributed by atoms with E-state index in [-0.39, 0.29) is 18.7 Å². The number of hydrogen-bond donors (Lipinski definition) is 2. The highest BCUT2D eigenvalue weighted by Crippen LogP contribution is 2.28. The van der Waals surface area contributed by atoms with E-state index in [4.69, 9.17) is 16.3 Å². The van der Waals surface area contributed by atoms with Crippen LogP contribution in [0.15, 0.2) is 12.1 Å². The first kappa shape index (κ1) is 14.3. The zero-order valence-electron chi connectivity index (χ0n) is 10.4. The standard InChI is InChI=1S/C12H15ClN2O3S/c1-18-8(9-4-5-10(13)19-9)6-14-11(16)12(17)15-7-2-3-7/h4-5,7-8H,2-3,6H2,1H3,(H,14,16)(H,15,17). The number of carbonyl (C=O) groups is 2. The van der Waals surface area contributed by atoms with Gasteiger partial charge in [0, 0.05) is 24.6 Å². The highest BCUT2D eigenvalue weighted by Gasteiger charge is 2.26. The first-order valence-electron chi connectivity index (χ1n) is 5.97. The molecule has 1 fully saturated rings. The number of halogens is 1. The average Bonchev–Trinajstić information content (AvgIpc) is 3.10. The maximum atomic E-state index is 11.6. The lowest BCUT2D eigenvalue weighted by Gasteiger charge is -2.14. The Morgan fingerprint density at radius 1 is 1.47 bits per heavy atom. The van der Waals surface area contributed by atoms with Gasteiger partial charge in [0.2, 0.25) is 0 Å². The molecule has 0 aliphatic heterocycles. The van der Waals surface area contributed by atoms with E-state index < -0.39 is 11.8 Å². The first-order chi connectivity index (χ1) is 9.10. The molecule has 2 amide bonds. The van der Waals surface area contributed by atoms with Crippen molar-refractivity contribution in [1.29, 1.82) is 0 Å². The summed E-state index contributed by atoms with van der Waals surface area (Å²) in [6.07, 6.45) is 1.61. The van der Waals surface area contributed by atoms with Gasteiger partial charge in [-0.25, -0.2) is 0 Å². The van der Waals surface area contributed by atoms with Crippen LogP contribution in [0.5, 0.6) is 0 Å². The van der Waals surface area contributed by atoms with Crippen molar-refractivity contribution in [3.63, 3.8) is 0 Å². The lowest BCUT2D eigenvalue weighted by atomic mass is 10.3. The van der Waals surface area contributed by atoms with Crippen molar-refractivity contribution in [2.24, 2.45) is 0 Å². The minimum Gasteiger partial charge on any atom is -0.374 e. The number of carbonyl (C=O) groups excluding carboxylic acids is 2. The molecule has 19 heavy (non-hydrogen) atoms. The fourth-order valence-corrected chi connectivity index (χ4v) is 2.68. The SMILES string of the molecule is COC(CNC(=O)C(=O)NC1CC1)c1ccc(Cl)s1. The van der Waals surface area contributed by atoms with Crippen LogP contribution in [0.4, 0.5) is 0 Å². The van der Waals surface area contributed by atoms with Crippen molar-refractivity contribution >= 4 is 34.8 Å². The molecular formula is C12H15ClN2O3S. The molecule has 0 radical (unpaired) electrons. The molecule has 1 unspecified atom stereocenters. The zero-order valence-corrected chi connectivity index (χ0v) is 12.0. The number of nitrogens with one attached hydrogen (secondary N) is 2. The lowest BCUT2D eigenvalue weighted by molar-refractivity contribution is -0.139. The van der Waals surface area contributed by atoms with E-state index in [2.05, 4.69) is 10.6 Å². The van der Waals surface area contributed by atoms with Gasteiger partial charge in [0.05, 0.1) is 4.34 Å². The van der Waals surface area contributed by atoms with E-state index in [0.29, 0.717) is 4.34 Å². The third-order valence-electron chi connectivity index (χ3n) is 2.76. The molecule has 1 aromatic rings. The monoisotopic (exact) mass is 302 g/mol. The Morgan fingerprint density at radius 2 is 2.21 bits per heavy atom. The summed E-state index contributed by atoms with van der Waals surface area (Å²) in [7, 11) is 1.55. The number of amides is 2. The van der Waals surface area contributed by atoms with E-state index in [1.54, 1.807) is 13.2 Å². The summed E-state index contributed by atoms with van der Waals surface area (Å²) >= 11 is 7.24. The largest absolute Gasteiger partial charge is 0.374 e. The van der Waals surface area contributed by atoms with Crippen molar-refractivity contribution in [2.75, 3.05) is 13.7 Å². The number of thiophene rings is 1. The second-order valence-electron chi connectivity index (χ2n) is 4.32. The van der Waals surface area contributed by atoms with Gasteiger partial charge in [-0.05, 0) is 25.0 Å². The smallest absolute Gasteiger partial charge is 0.309 e. The fraction of sp³-hybridized carbons (Fsp3) is 0.500. The van der Waals surface area contributed by atoms with Crippen LogP contribution in [0.1, 0.15) is 23.8 Å². The minimum absolute atomic E-state index is 0.174. The van der Waals surface area contributed by atoms with Gasteiger partial charge in [0.1, 0.15) is 6.10 Å². The summed E-state index contributed by atoms with van der Waals surface area (Å²) in [6, 6.07) is 3.79. The predicted molar refractivity (Wildman–Crippen MR) is 73.3 cm³/mol. The molecule has 7 heteroatoms. The van der Waals surface area contributed by atoms with E-state index >= 15 is 0 Å². The molecule has 1 aliphatic rings. The quantitative estimate of drug-likeness (QED) is 0.810. The summed E-state index contributed by atoms with van der Waals surface area (Å²) < 4.78 is 5.94. The van der Waals surface area contributed by atoms with Crippen LogP contribution in [-0.4, -0.2) is 31.5 Å². The summed E-state index contributed by atoms with van der Waals surface area (Å²) in [5.41, 5.74) is 0. The Hall–Kier alpha value is -1.11. The maximum absolute atomic E-state index is 11.6. The van der Waals surface area contributed by atoms with Gasteiger partial charge >= 0.3 is 11.8 Å². The molecule has 0 saturated heterocycles. The van der Waals surface area contributed by atoms with E-state index in [9.17, 15) is 9.59 Å². The molecule has 0 bridgehead atoms. The Balaban J connectivity index is 1.81. The molecule has 2 N–H and O–H groups in total. The summed E-state index contributed by atoms with van der Waals surface area (Å²) in [6.45, 7) is 0.240. The predicted octanol–water partition coefficient (Wildman–Crippen LogP) is 1.48. The van der Waals surface area contributed by atoms with Crippen LogP contribution >= 0.6 is 22.9 Å². The zero-order chi connectivity index (χ0) is 13.8. The van der Waals surface area contributed by atoms with Crippen LogP contribution in [0.2, 0.25) is 4.34 Å². The van der Waals surface area contributed by atoms with Gasteiger partial charge in [-0.15, -0.1) is 11.3 Å². The van der Waals surface area contributed by atoms with Gasteiger partial charge < -0.3 is 15.4 Å². The van der Waals surface area contributed by atoms with Crippen LogP contribution < -0.4 is 10.6 Å². The third-order valence-corrected chi connectivity index (χ3v) is 4.09. The molecule has 104 valence electrons. The number of methoxy groups -OCH3 is 1. The maximum Gasteiger partial charge on any atom is 0.309 e. The van der Waals surface area contributed by atoms with Crippen LogP contribution in [0.3, 0.4) is 0 Å². The summed E-state index contributed by atoms with van der Waals surface area (Å²) in [5, 5.41) is 5.19. The Kier molecular flexibility index (Phi) is 4.79. The van der Waals surface area contributed by atoms with Crippen molar-refractivity contribution < 1.29 is 14.3 Å². The van der Waals surface area contributed by atoms with Crippen LogP contribution in [0.25, 0.3) is 0 Å². The normalized spacial score (nSPS) is 15.9. The second-order valence-corrected chi connectivity index (χ2v) is 6.07. The number of rotatable bonds is 5. The minimum atomic E-state index is -0.628. The number of hydrogen-bond acceptors (Lipinski definition) is 4. The molecule has 1 heterocycles. The first-order valence-corrected chi connectivity index (χ1v) is 7.16. The Bertz CT molecular complexity index is 473. The fourth-order valence-electron chi connectivity index (χ4n) is 1.55. The molecule has 0 aromatic carbocycles. The molecule has 2 rings (SSSR count). The van der Waals surface area contributed by atoms with Crippen molar-refractivity contribution in [3.8, 4) is 0 Å². The molecule has 0 spiro atoms. The number of ether oxygens (including phenoxy) is 1. The van der Waals surface area contributed by atoms with Gasteiger partial charge in [-0.1, -0.05) is 11.6 Å². The molecule has 1 aliphatic carbocycles. The molecular weight excluding hydrogens is 288 g/mol. The van der Waals surface area contributed by atoms with E-state index in [1.165, 1.54) is 11.3 Å². The molecule has 5 nitrogen and oxygen atoms in total. The molecule has 1 atom stereocenters. The third kappa shape index (κ3) is 4.19. The average molecular weight is 303 g/mol. The van der Waals surface area contributed by atoms with Crippen LogP contribution in [-0.2, 0) is 14.3 Å². The highest BCUT2D eigenvalue weighted by molar-refractivity contribution is 7.16. The van der Waals surface area contributed by atoms with Crippen molar-refractivity contribution in [2.45, 2.75) is 25.0 Å². The van der Waals surface area contributed by atoms with E-state index in [0.717, 1.165) is 17.7 Å². The Morgan fingerprint density at radius 3 is 2.74 bits per heavy atom. The summed E-state index contributed by atoms with van der Waals surface area (Å²) in [4.78, 5) is 23.9. The highest BCUT2D eigenvalue weighted by atomic mass is 35.5. The van der Waals surface area contributed by atoms with Crippen molar-refractivity contribution in [3.05, 3.63) is 21.3 Å². The second kappa shape index (κ2) is 6.36. The molecule has 1 aromatic heterocycles. The Labute approximate surface area is 120 Å². The summed E-state index contributed by atoms with van der Waals surface area (Å²) in [5.74, 6) is -1.21. The topological polar surface area (TPSA) is 67.4 Å². The van der Waals surface area contributed by atoms with E-state index in [1.807, 2.05) is 6.07 Å². The van der Waals surface area contributed by atoms with Gasteiger partial charge in [0.15, 0.2) is 0 Å². The van der Waals surface area contributed by atoms with Crippen molar-refractivity contribution in [1.82, 2.24) is 10.6 Å². The lowest BCUT2D eigenvalue weighted by Crippen LogP contribution is -2.42. The van der Waals surface area contributed by atoms with Gasteiger partial charge in [0.25, 0.3) is 0 Å². The van der Waals surface area contributed by atoms with Crippen LogP contribution in [0, 0.1) is 0 Å².